The molecule has 2 N–H and O–H groups in total. The van der Waals surface area contributed by atoms with Gasteiger partial charge in [-0.15, -0.1) is 0 Å². The standard InChI is InChI=1S/C17H18N2O3/c1-2-13-4-3-5-16(10-13)22-12-17(21)19-18-11-14-6-8-15(20)9-7-14/h3-11,20H,2,12H2,1H3,(H,19,21)/b18-11+. The molecule has 0 fully saturated rings. The van der Waals surface area contributed by atoms with Gasteiger partial charge < -0.3 is 9.84 Å². The summed E-state index contributed by atoms with van der Waals surface area (Å²) in [5, 5.41) is 13.0. The highest BCUT2D eigenvalue weighted by atomic mass is 16.5. The molecular formula is C17H18N2O3. The Bertz CT molecular complexity index is 651. The molecule has 0 bridgehead atoms. The molecule has 0 aliphatic rings. The highest BCUT2D eigenvalue weighted by Gasteiger charge is 2.01. The van der Waals surface area contributed by atoms with Crippen molar-refractivity contribution in [2.45, 2.75) is 13.3 Å². The quantitative estimate of drug-likeness (QED) is 0.636. The topological polar surface area (TPSA) is 70.9 Å². The summed E-state index contributed by atoms with van der Waals surface area (Å²) >= 11 is 0. The van der Waals surface area contributed by atoms with E-state index in [1.807, 2.05) is 24.3 Å². The lowest BCUT2D eigenvalue weighted by molar-refractivity contribution is -0.123. The van der Waals surface area contributed by atoms with Gasteiger partial charge in [-0.2, -0.15) is 5.10 Å². The van der Waals surface area contributed by atoms with Gasteiger partial charge in [0, 0.05) is 0 Å². The average Bonchev–Trinajstić information content (AvgIpc) is 2.55. The normalized spacial score (nSPS) is 10.6. The van der Waals surface area contributed by atoms with Gasteiger partial charge in [0.1, 0.15) is 11.5 Å². The number of phenolic OH excluding ortho intramolecular Hbond substituents is 1. The van der Waals surface area contributed by atoms with E-state index in [4.69, 9.17) is 9.84 Å². The number of aryl methyl sites for hydroxylation is 1. The van der Waals surface area contributed by atoms with Gasteiger partial charge in [0.05, 0.1) is 6.21 Å². The van der Waals surface area contributed by atoms with Crippen LogP contribution in [0.25, 0.3) is 0 Å². The largest absolute Gasteiger partial charge is 0.508 e. The first-order valence-electron chi connectivity index (χ1n) is 7.00. The second kappa shape index (κ2) is 7.83. The number of nitrogens with one attached hydrogen (secondary N) is 1. The summed E-state index contributed by atoms with van der Waals surface area (Å²) in [7, 11) is 0. The van der Waals surface area contributed by atoms with E-state index in [9.17, 15) is 4.79 Å². The van der Waals surface area contributed by atoms with Gasteiger partial charge in [0.2, 0.25) is 0 Å². The molecule has 114 valence electrons. The molecule has 2 rings (SSSR count). The Labute approximate surface area is 129 Å². The third-order valence-corrected chi connectivity index (χ3v) is 2.97. The van der Waals surface area contributed by atoms with E-state index in [0.717, 1.165) is 17.5 Å². The van der Waals surface area contributed by atoms with Crippen molar-refractivity contribution in [2.24, 2.45) is 5.10 Å². The summed E-state index contributed by atoms with van der Waals surface area (Å²) in [5.41, 5.74) is 4.32. The molecule has 0 aromatic heterocycles. The summed E-state index contributed by atoms with van der Waals surface area (Å²) in [6.07, 6.45) is 2.41. The van der Waals surface area contributed by atoms with Gasteiger partial charge in [-0.3, -0.25) is 4.79 Å². The van der Waals surface area contributed by atoms with Crippen LogP contribution in [0.4, 0.5) is 0 Å². The maximum Gasteiger partial charge on any atom is 0.277 e. The number of rotatable bonds is 6. The molecule has 0 heterocycles. The van der Waals surface area contributed by atoms with Crippen molar-refractivity contribution < 1.29 is 14.6 Å². The molecule has 0 radical (unpaired) electrons. The number of carbonyl (C=O) groups excluding carboxylic acids is 1. The van der Waals surface area contributed by atoms with Crippen LogP contribution in [-0.2, 0) is 11.2 Å². The molecule has 5 nitrogen and oxygen atoms in total. The number of phenols is 1. The first kappa shape index (κ1) is 15.6. The molecule has 5 heteroatoms. The van der Waals surface area contributed by atoms with E-state index in [1.54, 1.807) is 24.3 Å². The fourth-order valence-corrected chi connectivity index (χ4v) is 1.78. The van der Waals surface area contributed by atoms with Gasteiger partial charge in [0.25, 0.3) is 5.91 Å². The number of carbonyl (C=O) groups is 1. The molecule has 22 heavy (non-hydrogen) atoms. The summed E-state index contributed by atoms with van der Waals surface area (Å²) in [4.78, 5) is 11.6. The monoisotopic (exact) mass is 298 g/mol. The Morgan fingerprint density at radius 1 is 1.27 bits per heavy atom. The van der Waals surface area contributed by atoms with Crippen LogP contribution in [0.5, 0.6) is 11.5 Å². The van der Waals surface area contributed by atoms with Crippen LogP contribution in [-0.4, -0.2) is 23.8 Å². The van der Waals surface area contributed by atoms with Gasteiger partial charge >= 0.3 is 0 Å². The molecule has 2 aromatic rings. The van der Waals surface area contributed by atoms with Crippen molar-refractivity contribution in [1.82, 2.24) is 5.43 Å². The summed E-state index contributed by atoms with van der Waals surface area (Å²) in [6.45, 7) is 1.96. The third kappa shape index (κ3) is 4.94. The number of amides is 1. The fourth-order valence-electron chi connectivity index (χ4n) is 1.78. The Balaban J connectivity index is 1.79. The zero-order valence-electron chi connectivity index (χ0n) is 12.3. The molecule has 0 saturated heterocycles. The van der Waals surface area contributed by atoms with Crippen molar-refractivity contribution in [3.8, 4) is 11.5 Å². The number of aromatic hydroxyl groups is 1. The Hall–Kier alpha value is -2.82. The Morgan fingerprint density at radius 3 is 2.77 bits per heavy atom. The van der Waals surface area contributed by atoms with Crippen LogP contribution >= 0.6 is 0 Å². The predicted molar refractivity (Wildman–Crippen MR) is 85.2 cm³/mol. The first-order chi connectivity index (χ1) is 10.7. The zero-order chi connectivity index (χ0) is 15.8. The lowest BCUT2D eigenvalue weighted by Gasteiger charge is -2.06. The maximum atomic E-state index is 11.6. The van der Waals surface area contributed by atoms with E-state index in [0.29, 0.717) is 5.75 Å². The van der Waals surface area contributed by atoms with Crippen LogP contribution in [0, 0.1) is 0 Å². The van der Waals surface area contributed by atoms with Crippen LogP contribution in [0.1, 0.15) is 18.1 Å². The Morgan fingerprint density at radius 2 is 2.05 bits per heavy atom. The van der Waals surface area contributed by atoms with Crippen LogP contribution < -0.4 is 10.2 Å². The first-order valence-corrected chi connectivity index (χ1v) is 7.00. The average molecular weight is 298 g/mol. The zero-order valence-corrected chi connectivity index (χ0v) is 12.3. The summed E-state index contributed by atoms with van der Waals surface area (Å²) < 4.78 is 5.41. The highest BCUT2D eigenvalue weighted by molar-refractivity contribution is 5.83. The van der Waals surface area contributed by atoms with Crippen LogP contribution in [0.3, 0.4) is 0 Å². The Kier molecular flexibility index (Phi) is 5.54. The predicted octanol–water partition coefficient (Wildman–Crippen LogP) is 2.48. The minimum Gasteiger partial charge on any atom is -0.508 e. The van der Waals surface area contributed by atoms with Crippen LogP contribution in [0.2, 0.25) is 0 Å². The van der Waals surface area contributed by atoms with Gasteiger partial charge in [0.15, 0.2) is 6.61 Å². The lowest BCUT2D eigenvalue weighted by atomic mass is 10.2. The van der Waals surface area contributed by atoms with Gasteiger partial charge in [-0.25, -0.2) is 5.43 Å². The van der Waals surface area contributed by atoms with Crippen molar-refractivity contribution in [3.63, 3.8) is 0 Å². The number of benzene rings is 2. The molecule has 0 saturated carbocycles. The molecular weight excluding hydrogens is 280 g/mol. The van der Waals surface area contributed by atoms with E-state index >= 15 is 0 Å². The van der Waals surface area contributed by atoms with Crippen molar-refractivity contribution in [1.29, 1.82) is 0 Å². The van der Waals surface area contributed by atoms with Gasteiger partial charge in [-0.1, -0.05) is 19.1 Å². The summed E-state index contributed by atoms with van der Waals surface area (Å²) in [6, 6.07) is 14.1. The lowest BCUT2D eigenvalue weighted by Crippen LogP contribution is -2.24. The van der Waals surface area contributed by atoms with Crippen molar-refractivity contribution in [3.05, 3.63) is 59.7 Å². The minimum atomic E-state index is -0.336. The van der Waals surface area contributed by atoms with Crippen LogP contribution in [0.15, 0.2) is 53.6 Å². The molecule has 0 spiro atoms. The SMILES string of the molecule is CCc1cccc(OCC(=O)N/N=C/c2ccc(O)cc2)c1. The third-order valence-electron chi connectivity index (χ3n) is 2.97. The molecule has 1 amide bonds. The van der Waals surface area contributed by atoms with E-state index in [-0.39, 0.29) is 18.3 Å². The summed E-state index contributed by atoms with van der Waals surface area (Å²) in [5.74, 6) is 0.512. The molecule has 0 aliphatic heterocycles. The van der Waals surface area contributed by atoms with Gasteiger partial charge in [-0.05, 0) is 53.9 Å². The second-order valence-corrected chi connectivity index (χ2v) is 4.67. The number of hydrogen-bond donors (Lipinski definition) is 2. The smallest absolute Gasteiger partial charge is 0.277 e. The van der Waals surface area contributed by atoms with E-state index in [1.165, 1.54) is 6.21 Å². The van der Waals surface area contributed by atoms with Crippen molar-refractivity contribution in [2.75, 3.05) is 6.61 Å². The molecule has 0 atom stereocenters. The van der Waals surface area contributed by atoms with Crippen molar-refractivity contribution >= 4 is 12.1 Å². The number of nitrogens with zero attached hydrogens (tertiary/aromatic N) is 1. The molecule has 0 aliphatic carbocycles. The number of ether oxygens (including phenoxy) is 1. The van der Waals surface area contributed by atoms with E-state index < -0.39 is 0 Å². The van der Waals surface area contributed by atoms with E-state index in [2.05, 4.69) is 17.5 Å². The fraction of sp³-hybridized carbons (Fsp3) is 0.176. The highest BCUT2D eigenvalue weighted by Crippen LogP contribution is 2.13. The second-order valence-electron chi connectivity index (χ2n) is 4.67. The molecule has 0 unspecified atom stereocenters. The molecule has 2 aromatic carbocycles. The number of hydrogen-bond acceptors (Lipinski definition) is 4. The number of hydrazone groups is 1. The maximum absolute atomic E-state index is 11.6. The minimum absolute atomic E-state index is 0.0971.